The smallest absolute Gasteiger partial charge is 0.118 e. The number of phenolic OH excluding ortho intramolecular Hbond substituents is 1. The lowest BCUT2D eigenvalue weighted by Gasteiger charge is -1.92. The molecule has 2 aromatic rings. The molecule has 1 nitrogen and oxygen atoms in total. The molecule has 0 saturated heterocycles. The van der Waals surface area contributed by atoms with Crippen LogP contribution in [0.4, 0.5) is 0 Å². The van der Waals surface area contributed by atoms with E-state index in [0.717, 1.165) is 5.56 Å². The molecule has 0 bridgehead atoms. The second-order valence-corrected chi connectivity index (χ2v) is 3.94. The zero-order chi connectivity index (χ0) is 12.0. The van der Waals surface area contributed by atoms with Gasteiger partial charge in [-0.05, 0) is 32.4 Å². The average molecular weight is 214 g/mol. The molecule has 84 valence electrons. The largest absolute Gasteiger partial charge is 0.508 e. The maximum atomic E-state index is 8.92. The van der Waals surface area contributed by atoms with Crippen LogP contribution in [-0.4, -0.2) is 5.11 Å². The Morgan fingerprint density at radius 1 is 0.750 bits per heavy atom. The zero-order valence-electron chi connectivity index (χ0n) is 10.1. The van der Waals surface area contributed by atoms with Gasteiger partial charge in [0.15, 0.2) is 0 Å². The topological polar surface area (TPSA) is 20.2 Å². The zero-order valence-corrected chi connectivity index (χ0v) is 10.1. The summed E-state index contributed by atoms with van der Waals surface area (Å²) >= 11 is 0. The Bertz CT molecular complexity index is 408. The van der Waals surface area contributed by atoms with E-state index in [0.29, 0.717) is 5.75 Å². The highest BCUT2D eigenvalue weighted by Gasteiger charge is 1.87. The normalized spacial score (nSPS) is 9.19. The Morgan fingerprint density at radius 3 is 1.62 bits per heavy atom. The Kier molecular flexibility index (Phi) is 4.59. The summed E-state index contributed by atoms with van der Waals surface area (Å²) < 4.78 is 0. The summed E-state index contributed by atoms with van der Waals surface area (Å²) in [5.41, 5.74) is 3.60. The first-order valence-corrected chi connectivity index (χ1v) is 5.37. The van der Waals surface area contributed by atoms with Gasteiger partial charge in [-0.2, -0.15) is 0 Å². The van der Waals surface area contributed by atoms with Crippen LogP contribution in [0.2, 0.25) is 0 Å². The van der Waals surface area contributed by atoms with Gasteiger partial charge in [0.05, 0.1) is 0 Å². The first kappa shape index (κ1) is 12.3. The summed E-state index contributed by atoms with van der Waals surface area (Å²) in [6.07, 6.45) is 0. The van der Waals surface area contributed by atoms with Crippen molar-refractivity contribution in [3.63, 3.8) is 0 Å². The number of hydrogen-bond donors (Lipinski definition) is 1. The van der Waals surface area contributed by atoms with Crippen LogP contribution >= 0.6 is 0 Å². The molecule has 2 aromatic carbocycles. The van der Waals surface area contributed by atoms with Gasteiger partial charge in [-0.1, -0.05) is 53.6 Å². The molecule has 0 heterocycles. The molecular weight excluding hydrogens is 196 g/mol. The Labute approximate surface area is 97.4 Å². The maximum Gasteiger partial charge on any atom is 0.118 e. The average Bonchev–Trinajstić information content (AvgIpc) is 2.23. The van der Waals surface area contributed by atoms with Crippen LogP contribution < -0.4 is 0 Å². The van der Waals surface area contributed by atoms with E-state index in [1.807, 2.05) is 25.1 Å². The first-order chi connectivity index (χ1) is 7.59. The van der Waals surface area contributed by atoms with Gasteiger partial charge in [0.2, 0.25) is 0 Å². The van der Waals surface area contributed by atoms with E-state index in [1.54, 1.807) is 6.07 Å². The molecule has 0 saturated carbocycles. The minimum absolute atomic E-state index is 0.368. The molecule has 0 unspecified atom stereocenters. The number of para-hydroxylation sites is 1. The predicted octanol–water partition coefficient (Wildman–Crippen LogP) is 4.00. The van der Waals surface area contributed by atoms with Crippen LogP contribution in [0.15, 0.2) is 48.5 Å². The third kappa shape index (κ3) is 4.18. The van der Waals surface area contributed by atoms with Crippen LogP contribution in [0, 0.1) is 20.8 Å². The molecule has 2 rings (SSSR count). The minimum atomic E-state index is 0.368. The van der Waals surface area contributed by atoms with E-state index in [2.05, 4.69) is 38.1 Å². The van der Waals surface area contributed by atoms with Crippen LogP contribution in [0.25, 0.3) is 0 Å². The Balaban J connectivity index is 0.000000160. The second kappa shape index (κ2) is 5.96. The van der Waals surface area contributed by atoms with E-state index < -0.39 is 0 Å². The van der Waals surface area contributed by atoms with E-state index >= 15 is 0 Å². The number of aromatic hydroxyl groups is 1. The summed E-state index contributed by atoms with van der Waals surface area (Å²) in [4.78, 5) is 0. The van der Waals surface area contributed by atoms with Gasteiger partial charge in [0, 0.05) is 0 Å². The first-order valence-electron chi connectivity index (χ1n) is 5.37. The quantitative estimate of drug-likeness (QED) is 0.702. The molecule has 1 N–H and O–H groups in total. The molecule has 0 aliphatic heterocycles. The van der Waals surface area contributed by atoms with Crippen molar-refractivity contribution < 1.29 is 5.11 Å². The SMILES string of the molecule is Cc1cccc(C)c1.Cc1ccccc1O. The summed E-state index contributed by atoms with van der Waals surface area (Å²) in [5, 5.41) is 8.92. The highest BCUT2D eigenvalue weighted by atomic mass is 16.3. The van der Waals surface area contributed by atoms with Crippen molar-refractivity contribution in [3.05, 3.63) is 65.2 Å². The third-order valence-electron chi connectivity index (χ3n) is 2.29. The van der Waals surface area contributed by atoms with Crippen molar-refractivity contribution in [3.8, 4) is 5.75 Å². The summed E-state index contributed by atoms with van der Waals surface area (Å²) in [7, 11) is 0. The molecule has 1 heteroatoms. The number of phenols is 1. The highest BCUT2D eigenvalue weighted by Crippen LogP contribution is 2.12. The lowest BCUT2D eigenvalue weighted by Crippen LogP contribution is -1.71. The number of aryl methyl sites for hydroxylation is 3. The fourth-order valence-corrected chi connectivity index (χ4v) is 1.37. The minimum Gasteiger partial charge on any atom is -0.508 e. The molecule has 0 aliphatic rings. The molecule has 16 heavy (non-hydrogen) atoms. The maximum absolute atomic E-state index is 8.92. The molecule has 0 spiro atoms. The standard InChI is InChI=1S/C8H10.C7H8O/c1-7-4-3-5-8(2)6-7;1-6-4-2-3-5-7(6)8/h3-6H,1-2H3;2-5,8H,1H3. The van der Waals surface area contributed by atoms with Crippen molar-refractivity contribution in [2.24, 2.45) is 0 Å². The highest BCUT2D eigenvalue weighted by molar-refractivity contribution is 5.29. The van der Waals surface area contributed by atoms with E-state index in [-0.39, 0.29) is 0 Å². The van der Waals surface area contributed by atoms with Gasteiger partial charge in [-0.3, -0.25) is 0 Å². The van der Waals surface area contributed by atoms with Crippen LogP contribution in [0.1, 0.15) is 16.7 Å². The summed E-state index contributed by atoms with van der Waals surface area (Å²) in [6, 6.07) is 15.7. The number of rotatable bonds is 0. The molecule has 0 amide bonds. The lowest BCUT2D eigenvalue weighted by molar-refractivity contribution is 0.471. The van der Waals surface area contributed by atoms with Gasteiger partial charge in [0.1, 0.15) is 5.75 Å². The Morgan fingerprint density at radius 2 is 1.31 bits per heavy atom. The van der Waals surface area contributed by atoms with Gasteiger partial charge in [0.25, 0.3) is 0 Å². The van der Waals surface area contributed by atoms with E-state index in [9.17, 15) is 0 Å². The van der Waals surface area contributed by atoms with Crippen LogP contribution in [-0.2, 0) is 0 Å². The van der Waals surface area contributed by atoms with Crippen LogP contribution in [0.3, 0.4) is 0 Å². The molecule has 0 fully saturated rings. The van der Waals surface area contributed by atoms with E-state index in [1.165, 1.54) is 11.1 Å². The number of hydrogen-bond acceptors (Lipinski definition) is 1. The van der Waals surface area contributed by atoms with E-state index in [4.69, 9.17) is 5.11 Å². The lowest BCUT2D eigenvalue weighted by atomic mass is 10.2. The second-order valence-electron chi connectivity index (χ2n) is 3.94. The monoisotopic (exact) mass is 214 g/mol. The van der Waals surface area contributed by atoms with Crippen molar-refractivity contribution in [1.29, 1.82) is 0 Å². The Hall–Kier alpha value is -1.76. The van der Waals surface area contributed by atoms with Gasteiger partial charge in [-0.25, -0.2) is 0 Å². The van der Waals surface area contributed by atoms with Gasteiger partial charge in [-0.15, -0.1) is 0 Å². The fourth-order valence-electron chi connectivity index (χ4n) is 1.37. The molecule has 0 aliphatic carbocycles. The summed E-state index contributed by atoms with van der Waals surface area (Å²) in [6.45, 7) is 6.08. The molecule has 0 radical (unpaired) electrons. The third-order valence-corrected chi connectivity index (χ3v) is 2.29. The fraction of sp³-hybridized carbons (Fsp3) is 0.200. The molecule has 0 atom stereocenters. The van der Waals surface area contributed by atoms with Gasteiger partial charge < -0.3 is 5.11 Å². The van der Waals surface area contributed by atoms with Crippen molar-refractivity contribution in [2.75, 3.05) is 0 Å². The van der Waals surface area contributed by atoms with Crippen molar-refractivity contribution in [2.45, 2.75) is 20.8 Å². The molecular formula is C15H18O. The van der Waals surface area contributed by atoms with Crippen LogP contribution in [0.5, 0.6) is 5.75 Å². The summed E-state index contributed by atoms with van der Waals surface area (Å²) in [5.74, 6) is 0.368. The predicted molar refractivity (Wildman–Crippen MR) is 68.8 cm³/mol. The number of benzene rings is 2. The van der Waals surface area contributed by atoms with Crippen molar-refractivity contribution >= 4 is 0 Å². The van der Waals surface area contributed by atoms with Crippen molar-refractivity contribution in [1.82, 2.24) is 0 Å². The van der Waals surface area contributed by atoms with Gasteiger partial charge >= 0.3 is 0 Å². The molecule has 0 aromatic heterocycles.